The quantitative estimate of drug-likeness (QED) is 0.784. The van der Waals surface area contributed by atoms with Crippen LogP contribution in [0.3, 0.4) is 0 Å². The van der Waals surface area contributed by atoms with E-state index in [-0.39, 0.29) is 5.56 Å². The zero-order valence-corrected chi connectivity index (χ0v) is 12.1. The van der Waals surface area contributed by atoms with Crippen LogP contribution in [0.2, 0.25) is 0 Å². The lowest BCUT2D eigenvalue weighted by Crippen LogP contribution is -2.26. The number of alkyl halides is 3. The molecule has 1 fully saturated rings. The molecular weight excluding hydrogens is 263 g/mol. The lowest BCUT2D eigenvalue weighted by molar-refractivity contribution is -0.138. The van der Waals surface area contributed by atoms with Gasteiger partial charge in [-0.05, 0) is 56.2 Å². The first-order valence-corrected chi connectivity index (χ1v) is 7.34. The molecule has 1 aliphatic carbocycles. The van der Waals surface area contributed by atoms with Gasteiger partial charge < -0.3 is 5.32 Å². The van der Waals surface area contributed by atoms with Crippen LogP contribution in [-0.2, 0) is 6.18 Å². The number of benzene rings is 1. The van der Waals surface area contributed by atoms with Gasteiger partial charge in [-0.1, -0.05) is 19.4 Å². The van der Waals surface area contributed by atoms with Crippen LogP contribution >= 0.6 is 0 Å². The molecule has 0 spiro atoms. The number of rotatable bonds is 3. The molecule has 1 nitrogen and oxygen atoms in total. The third kappa shape index (κ3) is 3.68. The number of aryl methyl sites for hydroxylation is 1. The van der Waals surface area contributed by atoms with Crippen LogP contribution in [0.5, 0.6) is 0 Å². The molecule has 0 aliphatic heterocycles. The van der Waals surface area contributed by atoms with E-state index in [1.165, 1.54) is 32.3 Å². The smallest absolute Gasteiger partial charge is 0.382 e. The topological polar surface area (TPSA) is 12.0 Å². The van der Waals surface area contributed by atoms with Crippen molar-refractivity contribution in [1.82, 2.24) is 0 Å². The van der Waals surface area contributed by atoms with E-state index in [1.54, 1.807) is 12.1 Å². The summed E-state index contributed by atoms with van der Waals surface area (Å²) in [6.07, 6.45) is 1.37. The number of hydrogen-bond acceptors (Lipinski definition) is 1. The van der Waals surface area contributed by atoms with Gasteiger partial charge in [-0.15, -0.1) is 0 Å². The maximum atomic E-state index is 12.9. The van der Waals surface area contributed by atoms with Gasteiger partial charge in [-0.3, -0.25) is 0 Å². The van der Waals surface area contributed by atoms with Crippen molar-refractivity contribution in [1.29, 1.82) is 0 Å². The van der Waals surface area contributed by atoms with Gasteiger partial charge >= 0.3 is 6.18 Å². The molecule has 2 rings (SSSR count). The fourth-order valence-electron chi connectivity index (χ4n) is 2.97. The monoisotopic (exact) mass is 285 g/mol. The first kappa shape index (κ1) is 15.2. The zero-order chi connectivity index (χ0) is 14.8. The highest BCUT2D eigenvalue weighted by molar-refractivity contribution is 5.50. The third-order valence-corrected chi connectivity index (χ3v) is 4.34. The largest absolute Gasteiger partial charge is 0.416 e. The van der Waals surface area contributed by atoms with Crippen molar-refractivity contribution in [2.24, 2.45) is 5.92 Å². The Bertz CT molecular complexity index is 446. The fraction of sp³-hybridized carbons (Fsp3) is 0.625. The Morgan fingerprint density at radius 2 is 1.80 bits per heavy atom. The molecule has 4 heteroatoms. The average Bonchev–Trinajstić information content (AvgIpc) is 2.40. The van der Waals surface area contributed by atoms with E-state index < -0.39 is 11.7 Å². The van der Waals surface area contributed by atoms with Crippen molar-refractivity contribution in [2.45, 2.75) is 58.2 Å². The summed E-state index contributed by atoms with van der Waals surface area (Å²) in [5.41, 5.74) is 0.324. The Kier molecular flexibility index (Phi) is 4.61. The number of halogens is 3. The predicted molar refractivity (Wildman–Crippen MR) is 75.8 cm³/mol. The van der Waals surface area contributed by atoms with Crippen LogP contribution in [0, 0.1) is 12.8 Å². The third-order valence-electron chi connectivity index (χ3n) is 4.34. The second-order valence-electron chi connectivity index (χ2n) is 5.80. The highest BCUT2D eigenvalue weighted by atomic mass is 19.4. The molecule has 112 valence electrons. The Balaban J connectivity index is 2.04. The van der Waals surface area contributed by atoms with Crippen LogP contribution in [-0.4, -0.2) is 6.04 Å². The second kappa shape index (κ2) is 6.06. The molecule has 0 bridgehead atoms. The molecule has 0 saturated heterocycles. The van der Waals surface area contributed by atoms with Crippen LogP contribution in [0.1, 0.15) is 50.2 Å². The summed E-state index contributed by atoms with van der Waals surface area (Å²) in [7, 11) is 0. The van der Waals surface area contributed by atoms with E-state index in [0.29, 0.717) is 11.7 Å². The highest BCUT2D eigenvalue weighted by Gasteiger charge is 2.32. The van der Waals surface area contributed by atoms with E-state index in [4.69, 9.17) is 0 Å². The molecule has 0 aromatic heterocycles. The SMILES string of the molecule is CCC1CCC(Nc2ccc(C)c(C(F)(F)F)c2)CC1. The molecule has 1 aromatic carbocycles. The summed E-state index contributed by atoms with van der Waals surface area (Å²) in [5.74, 6) is 0.789. The minimum atomic E-state index is -4.28. The van der Waals surface area contributed by atoms with Crippen molar-refractivity contribution >= 4 is 5.69 Å². The van der Waals surface area contributed by atoms with Gasteiger partial charge in [0.15, 0.2) is 0 Å². The van der Waals surface area contributed by atoms with Crippen molar-refractivity contribution in [2.75, 3.05) is 5.32 Å². The number of hydrogen-bond donors (Lipinski definition) is 1. The lowest BCUT2D eigenvalue weighted by Gasteiger charge is -2.29. The molecular formula is C16H22F3N. The van der Waals surface area contributed by atoms with Gasteiger partial charge in [0.25, 0.3) is 0 Å². The van der Waals surface area contributed by atoms with E-state index in [0.717, 1.165) is 18.8 Å². The Labute approximate surface area is 118 Å². The number of nitrogens with one attached hydrogen (secondary N) is 1. The molecule has 0 unspecified atom stereocenters. The fourth-order valence-corrected chi connectivity index (χ4v) is 2.97. The second-order valence-corrected chi connectivity index (χ2v) is 5.80. The molecule has 1 aliphatic rings. The van der Waals surface area contributed by atoms with Crippen molar-refractivity contribution in [3.05, 3.63) is 29.3 Å². The summed E-state index contributed by atoms with van der Waals surface area (Å²) in [5, 5.41) is 3.27. The maximum Gasteiger partial charge on any atom is 0.416 e. The molecule has 1 aromatic rings. The molecule has 0 radical (unpaired) electrons. The average molecular weight is 285 g/mol. The minimum Gasteiger partial charge on any atom is -0.382 e. The molecule has 0 heterocycles. The van der Waals surface area contributed by atoms with E-state index in [2.05, 4.69) is 12.2 Å². The normalized spacial score (nSPS) is 23.6. The first-order valence-electron chi connectivity index (χ1n) is 7.34. The van der Waals surface area contributed by atoms with Gasteiger partial charge in [-0.2, -0.15) is 13.2 Å². The van der Waals surface area contributed by atoms with Gasteiger partial charge in [0, 0.05) is 11.7 Å². The standard InChI is InChI=1S/C16H22F3N/c1-3-12-5-8-13(9-6-12)20-14-7-4-11(2)15(10-14)16(17,18)19/h4,7,10,12-13,20H,3,5-6,8-9H2,1-2H3. The summed E-state index contributed by atoms with van der Waals surface area (Å²) < 4.78 is 38.6. The van der Waals surface area contributed by atoms with E-state index in [9.17, 15) is 13.2 Å². The van der Waals surface area contributed by atoms with Gasteiger partial charge in [0.1, 0.15) is 0 Å². The molecule has 1 saturated carbocycles. The Morgan fingerprint density at radius 3 is 2.35 bits per heavy atom. The van der Waals surface area contributed by atoms with E-state index in [1.807, 2.05) is 0 Å². The van der Waals surface area contributed by atoms with Gasteiger partial charge in [0.2, 0.25) is 0 Å². The van der Waals surface area contributed by atoms with E-state index >= 15 is 0 Å². The minimum absolute atomic E-state index is 0.276. The van der Waals surface area contributed by atoms with Gasteiger partial charge in [-0.25, -0.2) is 0 Å². The van der Waals surface area contributed by atoms with Crippen molar-refractivity contribution < 1.29 is 13.2 Å². The Morgan fingerprint density at radius 1 is 1.15 bits per heavy atom. The van der Waals surface area contributed by atoms with Crippen molar-refractivity contribution in [3.63, 3.8) is 0 Å². The molecule has 20 heavy (non-hydrogen) atoms. The first-order chi connectivity index (χ1) is 9.40. The van der Waals surface area contributed by atoms with Crippen molar-refractivity contribution in [3.8, 4) is 0 Å². The highest BCUT2D eigenvalue weighted by Crippen LogP contribution is 2.34. The van der Waals surface area contributed by atoms with Gasteiger partial charge in [0.05, 0.1) is 5.56 Å². The predicted octanol–water partition coefficient (Wildman–Crippen LogP) is 5.39. The summed E-state index contributed by atoms with van der Waals surface area (Å²) in [6, 6.07) is 4.84. The molecule has 0 atom stereocenters. The summed E-state index contributed by atoms with van der Waals surface area (Å²) >= 11 is 0. The summed E-state index contributed by atoms with van der Waals surface area (Å²) in [4.78, 5) is 0. The molecule has 1 N–H and O–H groups in total. The molecule has 0 amide bonds. The zero-order valence-electron chi connectivity index (χ0n) is 12.1. The van der Waals surface area contributed by atoms with Crippen LogP contribution in [0.25, 0.3) is 0 Å². The Hall–Kier alpha value is -1.19. The van der Waals surface area contributed by atoms with Crippen LogP contribution in [0.15, 0.2) is 18.2 Å². The number of anilines is 1. The lowest BCUT2D eigenvalue weighted by atomic mass is 9.84. The van der Waals surface area contributed by atoms with Crippen LogP contribution < -0.4 is 5.32 Å². The summed E-state index contributed by atoms with van der Waals surface area (Å²) in [6.45, 7) is 3.70. The van der Waals surface area contributed by atoms with Crippen LogP contribution in [0.4, 0.5) is 18.9 Å². The maximum absolute atomic E-state index is 12.9.